The Hall–Kier alpha value is -1.85. The van der Waals surface area contributed by atoms with E-state index in [0.29, 0.717) is 6.54 Å². The average molecular weight is 278 g/mol. The number of hydrogen-bond donors (Lipinski definition) is 2. The van der Waals surface area contributed by atoms with Gasteiger partial charge in [0.1, 0.15) is 0 Å². The Kier molecular flexibility index (Phi) is 5.58. The summed E-state index contributed by atoms with van der Waals surface area (Å²) in [6.45, 7) is 1.28. The molecule has 6 nitrogen and oxygen atoms in total. The summed E-state index contributed by atoms with van der Waals surface area (Å²) in [6.07, 6.45) is 11.6. The van der Waals surface area contributed by atoms with E-state index >= 15 is 0 Å². The van der Waals surface area contributed by atoms with Gasteiger partial charge in [-0.25, -0.2) is 4.98 Å². The van der Waals surface area contributed by atoms with E-state index in [0.717, 1.165) is 38.6 Å². The van der Waals surface area contributed by atoms with Crippen LogP contribution in [0.15, 0.2) is 18.7 Å². The summed E-state index contributed by atoms with van der Waals surface area (Å²) >= 11 is 0. The van der Waals surface area contributed by atoms with Gasteiger partial charge in [-0.05, 0) is 19.3 Å². The number of nitrogens with one attached hydrogen (secondary N) is 2. The van der Waals surface area contributed by atoms with Gasteiger partial charge >= 0.3 is 11.8 Å². The minimum atomic E-state index is -0.527. The molecule has 1 heterocycles. The zero-order chi connectivity index (χ0) is 14.2. The number of amides is 2. The fourth-order valence-electron chi connectivity index (χ4n) is 2.46. The molecule has 1 fully saturated rings. The van der Waals surface area contributed by atoms with Crippen LogP contribution in [0, 0.1) is 0 Å². The van der Waals surface area contributed by atoms with Crippen LogP contribution in [0.3, 0.4) is 0 Å². The van der Waals surface area contributed by atoms with Gasteiger partial charge in [-0.2, -0.15) is 0 Å². The van der Waals surface area contributed by atoms with E-state index in [1.54, 1.807) is 12.5 Å². The van der Waals surface area contributed by atoms with Gasteiger partial charge in [-0.15, -0.1) is 0 Å². The Morgan fingerprint density at radius 3 is 2.70 bits per heavy atom. The van der Waals surface area contributed by atoms with Crippen LogP contribution in [-0.4, -0.2) is 34.0 Å². The molecule has 110 valence electrons. The van der Waals surface area contributed by atoms with Gasteiger partial charge in [0.25, 0.3) is 0 Å². The first-order chi connectivity index (χ1) is 9.75. The zero-order valence-corrected chi connectivity index (χ0v) is 11.7. The number of rotatable bonds is 5. The van der Waals surface area contributed by atoms with Crippen LogP contribution in [-0.2, 0) is 16.1 Å². The van der Waals surface area contributed by atoms with Gasteiger partial charge in [0.15, 0.2) is 0 Å². The van der Waals surface area contributed by atoms with Crippen molar-refractivity contribution in [3.05, 3.63) is 18.7 Å². The van der Waals surface area contributed by atoms with Crippen molar-refractivity contribution >= 4 is 11.8 Å². The van der Waals surface area contributed by atoms with E-state index in [4.69, 9.17) is 0 Å². The predicted octanol–water partition coefficient (Wildman–Crippen LogP) is 0.838. The largest absolute Gasteiger partial charge is 0.348 e. The predicted molar refractivity (Wildman–Crippen MR) is 74.9 cm³/mol. The Morgan fingerprint density at radius 2 is 2.00 bits per heavy atom. The molecule has 2 rings (SSSR count). The first-order valence-corrected chi connectivity index (χ1v) is 7.30. The minimum Gasteiger partial charge on any atom is -0.348 e. The molecule has 2 N–H and O–H groups in total. The third-order valence-electron chi connectivity index (χ3n) is 3.58. The Bertz CT molecular complexity index is 424. The first-order valence-electron chi connectivity index (χ1n) is 7.30. The number of aryl methyl sites for hydroxylation is 1. The second-order valence-corrected chi connectivity index (χ2v) is 5.22. The fraction of sp³-hybridized carbons (Fsp3) is 0.643. The SMILES string of the molecule is O=C(NCCCn1ccnc1)C(=O)NC1CCCCC1. The average Bonchev–Trinajstić information content (AvgIpc) is 2.97. The van der Waals surface area contributed by atoms with Crippen LogP contribution in [0.4, 0.5) is 0 Å². The maximum Gasteiger partial charge on any atom is 0.309 e. The fourth-order valence-corrected chi connectivity index (χ4v) is 2.46. The van der Waals surface area contributed by atoms with Gasteiger partial charge < -0.3 is 15.2 Å². The smallest absolute Gasteiger partial charge is 0.309 e. The van der Waals surface area contributed by atoms with E-state index in [2.05, 4.69) is 15.6 Å². The number of carbonyl (C=O) groups excluding carboxylic acids is 2. The van der Waals surface area contributed by atoms with Crippen molar-refractivity contribution in [2.24, 2.45) is 0 Å². The molecule has 1 aromatic heterocycles. The van der Waals surface area contributed by atoms with Crippen molar-refractivity contribution < 1.29 is 9.59 Å². The third kappa shape index (κ3) is 4.68. The number of nitrogens with zero attached hydrogens (tertiary/aromatic N) is 2. The molecule has 0 aromatic carbocycles. The normalized spacial score (nSPS) is 15.8. The molecule has 0 radical (unpaired) electrons. The topological polar surface area (TPSA) is 76.0 Å². The summed E-state index contributed by atoms with van der Waals surface area (Å²) in [7, 11) is 0. The molecule has 6 heteroatoms. The lowest BCUT2D eigenvalue weighted by Gasteiger charge is -2.22. The number of hydrogen-bond acceptors (Lipinski definition) is 3. The van der Waals surface area contributed by atoms with Crippen LogP contribution in [0.1, 0.15) is 38.5 Å². The van der Waals surface area contributed by atoms with Gasteiger partial charge in [0.2, 0.25) is 0 Å². The van der Waals surface area contributed by atoms with E-state index in [1.807, 2.05) is 10.8 Å². The summed E-state index contributed by atoms with van der Waals surface area (Å²) in [5.74, 6) is -1.03. The van der Waals surface area contributed by atoms with Gasteiger partial charge in [0, 0.05) is 31.5 Å². The van der Waals surface area contributed by atoms with Crippen molar-refractivity contribution in [2.45, 2.75) is 51.1 Å². The van der Waals surface area contributed by atoms with E-state index in [1.165, 1.54) is 6.42 Å². The highest BCUT2D eigenvalue weighted by Gasteiger charge is 2.19. The van der Waals surface area contributed by atoms with Gasteiger partial charge in [0.05, 0.1) is 6.33 Å². The molecule has 1 aliphatic rings. The van der Waals surface area contributed by atoms with Crippen molar-refractivity contribution in [3.8, 4) is 0 Å². The van der Waals surface area contributed by atoms with Crippen molar-refractivity contribution in [1.82, 2.24) is 20.2 Å². The molecule has 1 aromatic rings. The summed E-state index contributed by atoms with van der Waals surface area (Å²) in [6, 6.07) is 0.174. The molecular formula is C14H22N4O2. The highest BCUT2D eigenvalue weighted by atomic mass is 16.2. The second-order valence-electron chi connectivity index (χ2n) is 5.22. The quantitative estimate of drug-likeness (QED) is 0.619. The van der Waals surface area contributed by atoms with Crippen molar-refractivity contribution in [3.63, 3.8) is 0 Å². The first kappa shape index (κ1) is 14.6. The lowest BCUT2D eigenvalue weighted by Crippen LogP contribution is -2.45. The van der Waals surface area contributed by atoms with Gasteiger partial charge in [-0.3, -0.25) is 9.59 Å². The molecule has 0 bridgehead atoms. The van der Waals surface area contributed by atoms with Crippen molar-refractivity contribution in [1.29, 1.82) is 0 Å². The molecular weight excluding hydrogens is 256 g/mol. The van der Waals surface area contributed by atoms with Crippen LogP contribution >= 0.6 is 0 Å². The Balaban J connectivity index is 1.59. The monoisotopic (exact) mass is 278 g/mol. The maximum atomic E-state index is 11.7. The lowest BCUT2D eigenvalue weighted by atomic mass is 9.95. The maximum absolute atomic E-state index is 11.7. The molecule has 1 aliphatic carbocycles. The van der Waals surface area contributed by atoms with Crippen LogP contribution in [0.2, 0.25) is 0 Å². The van der Waals surface area contributed by atoms with Crippen LogP contribution in [0.25, 0.3) is 0 Å². The molecule has 0 saturated heterocycles. The molecule has 20 heavy (non-hydrogen) atoms. The molecule has 0 spiro atoms. The Morgan fingerprint density at radius 1 is 1.20 bits per heavy atom. The summed E-state index contributed by atoms with van der Waals surface area (Å²) < 4.78 is 1.94. The molecule has 0 aliphatic heterocycles. The molecule has 1 saturated carbocycles. The van der Waals surface area contributed by atoms with Gasteiger partial charge in [-0.1, -0.05) is 19.3 Å². The summed E-state index contributed by atoms with van der Waals surface area (Å²) in [5, 5.41) is 5.46. The highest BCUT2D eigenvalue weighted by Crippen LogP contribution is 2.17. The minimum absolute atomic E-state index is 0.174. The second kappa shape index (κ2) is 7.67. The van der Waals surface area contributed by atoms with Crippen LogP contribution in [0.5, 0.6) is 0 Å². The summed E-state index contributed by atoms with van der Waals surface area (Å²) in [4.78, 5) is 27.3. The van der Waals surface area contributed by atoms with Crippen LogP contribution < -0.4 is 10.6 Å². The number of carbonyl (C=O) groups is 2. The third-order valence-corrected chi connectivity index (χ3v) is 3.58. The van der Waals surface area contributed by atoms with E-state index in [9.17, 15) is 9.59 Å². The zero-order valence-electron chi connectivity index (χ0n) is 11.7. The molecule has 0 atom stereocenters. The number of aromatic nitrogens is 2. The lowest BCUT2D eigenvalue weighted by molar-refractivity contribution is -0.139. The highest BCUT2D eigenvalue weighted by molar-refractivity contribution is 6.35. The van der Waals surface area contributed by atoms with E-state index < -0.39 is 11.8 Å². The van der Waals surface area contributed by atoms with E-state index in [-0.39, 0.29) is 6.04 Å². The summed E-state index contributed by atoms with van der Waals surface area (Å²) in [5.41, 5.74) is 0. The number of imidazole rings is 1. The Labute approximate surface area is 119 Å². The standard InChI is InChI=1S/C14H22N4O2/c19-13(14(20)17-12-5-2-1-3-6-12)16-7-4-9-18-10-8-15-11-18/h8,10-12H,1-7,9H2,(H,16,19)(H,17,20). The molecule has 0 unspecified atom stereocenters. The molecule has 2 amide bonds. The van der Waals surface area contributed by atoms with Crippen molar-refractivity contribution in [2.75, 3.05) is 6.54 Å².